The van der Waals surface area contributed by atoms with E-state index in [2.05, 4.69) is 33.6 Å². The van der Waals surface area contributed by atoms with Crippen molar-refractivity contribution in [2.45, 2.75) is 34.6 Å². The molecule has 0 spiro atoms. The minimum Gasteiger partial charge on any atom is -0.151 e. The first-order valence-electron chi connectivity index (χ1n) is 3.99. The predicted molar refractivity (Wildman–Crippen MR) is 59.5 cm³/mol. The fourth-order valence-corrected chi connectivity index (χ4v) is 1.64. The van der Waals surface area contributed by atoms with Gasteiger partial charge in [0.15, 0.2) is 0 Å². The van der Waals surface area contributed by atoms with Gasteiger partial charge in [-0.25, -0.2) is 0 Å². The Balaban J connectivity index is 0. The molecule has 0 saturated heterocycles. The second-order valence-electron chi connectivity index (χ2n) is 1.40. The van der Waals surface area contributed by atoms with Crippen LogP contribution in [0.4, 0.5) is 0 Å². The average molecular weight is 237 g/mol. The van der Waals surface area contributed by atoms with Crippen LogP contribution < -0.4 is 0 Å². The van der Waals surface area contributed by atoms with Crippen LogP contribution in [0.2, 0.25) is 0 Å². The highest BCUT2D eigenvalue weighted by molar-refractivity contribution is 9.10. The SMILES string of the molecule is CC.CC.Cc1cscc1Br. The molecule has 1 rings (SSSR count). The van der Waals surface area contributed by atoms with Crippen molar-refractivity contribution in [3.05, 3.63) is 20.8 Å². The standard InChI is InChI=1S/C5H5BrS.2C2H6/c1-4-2-7-3-5(4)6;2*1-2/h2-3H,1H3;2*1-2H3. The molecule has 0 aliphatic carbocycles. The molecular formula is C9H17BrS. The first kappa shape index (κ1) is 13.7. The molecule has 0 aromatic carbocycles. The number of aryl methyl sites for hydroxylation is 1. The Hall–Kier alpha value is 0.180. The summed E-state index contributed by atoms with van der Waals surface area (Å²) in [5, 5.41) is 4.19. The zero-order valence-electron chi connectivity index (χ0n) is 7.94. The van der Waals surface area contributed by atoms with E-state index in [1.807, 2.05) is 27.7 Å². The van der Waals surface area contributed by atoms with Crippen LogP contribution in [0.3, 0.4) is 0 Å². The summed E-state index contributed by atoms with van der Waals surface area (Å²) >= 11 is 5.09. The van der Waals surface area contributed by atoms with Crippen molar-refractivity contribution in [3.63, 3.8) is 0 Å². The fourth-order valence-electron chi connectivity index (χ4n) is 0.345. The third-order valence-electron chi connectivity index (χ3n) is 0.793. The summed E-state index contributed by atoms with van der Waals surface area (Å²) < 4.78 is 1.22. The maximum Gasteiger partial charge on any atom is 0.0311 e. The monoisotopic (exact) mass is 236 g/mol. The van der Waals surface area contributed by atoms with Gasteiger partial charge in [-0.3, -0.25) is 0 Å². The summed E-state index contributed by atoms with van der Waals surface area (Å²) in [7, 11) is 0. The molecule has 0 N–H and O–H groups in total. The second-order valence-corrected chi connectivity index (χ2v) is 3.00. The molecule has 2 heteroatoms. The third kappa shape index (κ3) is 6.57. The Morgan fingerprint density at radius 1 is 1.09 bits per heavy atom. The Morgan fingerprint density at radius 2 is 1.55 bits per heavy atom. The molecule has 0 nitrogen and oxygen atoms in total. The van der Waals surface area contributed by atoms with Crippen molar-refractivity contribution in [1.29, 1.82) is 0 Å². The molecule has 1 aromatic heterocycles. The Labute approximate surface area is 82.8 Å². The molecule has 0 aliphatic rings. The molecule has 0 fully saturated rings. The largest absolute Gasteiger partial charge is 0.151 e. The molecule has 0 radical (unpaired) electrons. The second kappa shape index (κ2) is 10.2. The number of hydrogen-bond donors (Lipinski definition) is 0. The minimum atomic E-state index is 1.22. The highest BCUT2D eigenvalue weighted by Gasteiger charge is 1.89. The van der Waals surface area contributed by atoms with Crippen molar-refractivity contribution in [2.24, 2.45) is 0 Å². The molecular weight excluding hydrogens is 220 g/mol. The van der Waals surface area contributed by atoms with Gasteiger partial charge in [0.1, 0.15) is 0 Å². The molecule has 1 heterocycles. The van der Waals surface area contributed by atoms with Gasteiger partial charge in [0, 0.05) is 9.85 Å². The quantitative estimate of drug-likeness (QED) is 0.603. The molecule has 0 bridgehead atoms. The summed E-state index contributed by atoms with van der Waals surface area (Å²) in [6.07, 6.45) is 0. The number of halogens is 1. The molecule has 0 atom stereocenters. The number of hydrogen-bond acceptors (Lipinski definition) is 1. The van der Waals surface area contributed by atoms with Gasteiger partial charge in [0.2, 0.25) is 0 Å². The lowest BCUT2D eigenvalue weighted by molar-refractivity contribution is 1.50. The number of rotatable bonds is 0. The van der Waals surface area contributed by atoms with E-state index < -0.39 is 0 Å². The van der Waals surface area contributed by atoms with Gasteiger partial charge in [-0.15, -0.1) is 0 Å². The van der Waals surface area contributed by atoms with E-state index in [0.717, 1.165) is 0 Å². The van der Waals surface area contributed by atoms with Gasteiger partial charge in [0.25, 0.3) is 0 Å². The Morgan fingerprint density at radius 3 is 1.64 bits per heavy atom. The van der Waals surface area contributed by atoms with Crippen LogP contribution >= 0.6 is 27.3 Å². The first-order valence-corrected chi connectivity index (χ1v) is 5.72. The lowest BCUT2D eigenvalue weighted by atomic mass is 10.4. The van der Waals surface area contributed by atoms with Gasteiger partial charge >= 0.3 is 0 Å². The van der Waals surface area contributed by atoms with Crippen molar-refractivity contribution < 1.29 is 0 Å². The van der Waals surface area contributed by atoms with Crippen LogP contribution in [-0.4, -0.2) is 0 Å². The Bertz CT molecular complexity index is 142. The predicted octanol–water partition coefficient (Wildman–Crippen LogP) is 4.87. The van der Waals surface area contributed by atoms with Crippen molar-refractivity contribution in [1.82, 2.24) is 0 Å². The maximum absolute atomic E-state index is 3.38. The molecule has 0 unspecified atom stereocenters. The van der Waals surface area contributed by atoms with E-state index in [1.165, 1.54) is 10.0 Å². The van der Waals surface area contributed by atoms with Gasteiger partial charge in [-0.05, 0) is 33.8 Å². The average Bonchev–Trinajstić information content (AvgIpc) is 2.44. The lowest BCUT2D eigenvalue weighted by Crippen LogP contribution is -1.56. The van der Waals surface area contributed by atoms with E-state index in [9.17, 15) is 0 Å². The van der Waals surface area contributed by atoms with Crippen LogP contribution in [0, 0.1) is 6.92 Å². The maximum atomic E-state index is 3.38. The van der Waals surface area contributed by atoms with E-state index in [4.69, 9.17) is 0 Å². The first-order chi connectivity index (χ1) is 5.30. The molecule has 66 valence electrons. The van der Waals surface area contributed by atoms with Gasteiger partial charge in [-0.1, -0.05) is 27.7 Å². The van der Waals surface area contributed by atoms with Crippen LogP contribution in [0.1, 0.15) is 33.3 Å². The van der Waals surface area contributed by atoms with Crippen LogP contribution in [0.5, 0.6) is 0 Å². The summed E-state index contributed by atoms with van der Waals surface area (Å²) in [5.74, 6) is 0. The topological polar surface area (TPSA) is 0 Å². The van der Waals surface area contributed by atoms with E-state index in [0.29, 0.717) is 0 Å². The summed E-state index contributed by atoms with van der Waals surface area (Å²) in [4.78, 5) is 0. The molecule has 0 saturated carbocycles. The van der Waals surface area contributed by atoms with Crippen LogP contribution in [-0.2, 0) is 0 Å². The normalized spacial score (nSPS) is 7.09. The molecule has 0 aliphatic heterocycles. The van der Waals surface area contributed by atoms with Gasteiger partial charge in [-0.2, -0.15) is 11.3 Å². The van der Waals surface area contributed by atoms with E-state index in [-0.39, 0.29) is 0 Å². The lowest BCUT2D eigenvalue weighted by Gasteiger charge is -1.77. The van der Waals surface area contributed by atoms with Crippen molar-refractivity contribution in [3.8, 4) is 0 Å². The highest BCUT2D eigenvalue weighted by atomic mass is 79.9. The summed E-state index contributed by atoms with van der Waals surface area (Å²) in [5.41, 5.74) is 1.32. The van der Waals surface area contributed by atoms with E-state index >= 15 is 0 Å². The van der Waals surface area contributed by atoms with Gasteiger partial charge in [0.05, 0.1) is 0 Å². The van der Waals surface area contributed by atoms with Crippen LogP contribution in [0.15, 0.2) is 15.2 Å². The summed E-state index contributed by atoms with van der Waals surface area (Å²) in [6.45, 7) is 10.1. The Kier molecular flexibility index (Phi) is 12.7. The van der Waals surface area contributed by atoms with E-state index in [1.54, 1.807) is 11.3 Å². The third-order valence-corrected chi connectivity index (χ3v) is 2.81. The molecule has 11 heavy (non-hydrogen) atoms. The fraction of sp³-hybridized carbons (Fsp3) is 0.556. The van der Waals surface area contributed by atoms with Crippen LogP contribution in [0.25, 0.3) is 0 Å². The molecule has 1 aromatic rings. The zero-order chi connectivity index (χ0) is 9.28. The summed E-state index contributed by atoms with van der Waals surface area (Å²) in [6, 6.07) is 0. The minimum absolute atomic E-state index is 1.22. The molecule has 0 amide bonds. The van der Waals surface area contributed by atoms with Crippen molar-refractivity contribution >= 4 is 27.3 Å². The van der Waals surface area contributed by atoms with Gasteiger partial charge < -0.3 is 0 Å². The highest BCUT2D eigenvalue weighted by Crippen LogP contribution is 2.19. The van der Waals surface area contributed by atoms with Crippen molar-refractivity contribution in [2.75, 3.05) is 0 Å². The number of thiophene rings is 1. The zero-order valence-corrected chi connectivity index (χ0v) is 10.3. The smallest absolute Gasteiger partial charge is 0.0311 e.